The second-order valence-corrected chi connectivity index (χ2v) is 13.5. The zero-order valence-corrected chi connectivity index (χ0v) is 25.5. The molecule has 3 fully saturated rings. The van der Waals surface area contributed by atoms with Crippen LogP contribution in [-0.4, -0.2) is 100 Å². The molecule has 244 valence electrons. The average Bonchev–Trinajstić information content (AvgIpc) is 3.77. The molecule has 7 N–H and O–H groups in total. The van der Waals surface area contributed by atoms with Gasteiger partial charge in [-0.05, 0) is 87.0 Å². The highest BCUT2D eigenvalue weighted by molar-refractivity contribution is 7.71. The number of ether oxygens (including phenoxy) is 1. The summed E-state index contributed by atoms with van der Waals surface area (Å²) in [5.41, 5.74) is 1.02. The number of benzene rings is 2. The minimum Gasteiger partial charge on any atom is -0.504 e. The molecule has 2 aromatic carbocycles. The normalized spacial score (nSPS) is 30.4. The second-order valence-electron chi connectivity index (χ2n) is 13.1. The van der Waals surface area contributed by atoms with Crippen LogP contribution >= 0.6 is 12.2 Å². The third kappa shape index (κ3) is 4.42. The Labute approximate surface area is 267 Å². The summed E-state index contributed by atoms with van der Waals surface area (Å²) in [7, 11) is 0. The second kappa shape index (κ2) is 10.9. The fourth-order valence-corrected chi connectivity index (χ4v) is 8.80. The number of likely N-dealkylation sites (tertiary alicyclic amines) is 1. The predicted molar refractivity (Wildman–Crippen MR) is 165 cm³/mol. The van der Waals surface area contributed by atoms with E-state index in [1.807, 2.05) is 30.3 Å². The number of carboxylic acid groups (broad SMARTS) is 2. The number of aliphatic carboxylic acids is 2. The Kier molecular flexibility index (Phi) is 7.29. The van der Waals surface area contributed by atoms with Gasteiger partial charge >= 0.3 is 11.9 Å². The Hall–Kier alpha value is -3.82. The van der Waals surface area contributed by atoms with E-state index in [0.29, 0.717) is 28.7 Å². The van der Waals surface area contributed by atoms with Gasteiger partial charge in [-0.25, -0.2) is 9.59 Å². The molecule has 8 rings (SSSR count). The van der Waals surface area contributed by atoms with Gasteiger partial charge in [0.25, 0.3) is 5.56 Å². The summed E-state index contributed by atoms with van der Waals surface area (Å²) in [6.45, 7) is 1.91. The number of hydrogen-bond donors (Lipinski definition) is 7. The van der Waals surface area contributed by atoms with Gasteiger partial charge < -0.3 is 40.4 Å². The van der Waals surface area contributed by atoms with Gasteiger partial charge in [0.15, 0.2) is 28.5 Å². The number of para-hydroxylation sites is 1. The van der Waals surface area contributed by atoms with Crippen molar-refractivity contribution in [3.8, 4) is 11.5 Å². The summed E-state index contributed by atoms with van der Waals surface area (Å²) >= 11 is 5.73. The minimum atomic E-state index is -2.27. The van der Waals surface area contributed by atoms with Crippen molar-refractivity contribution in [1.82, 2.24) is 14.5 Å². The lowest BCUT2D eigenvalue weighted by molar-refractivity contribution is -0.196. The molecule has 2 unspecified atom stereocenters. The van der Waals surface area contributed by atoms with E-state index in [1.54, 1.807) is 10.6 Å². The summed E-state index contributed by atoms with van der Waals surface area (Å²) in [5.74, 6) is -2.21. The van der Waals surface area contributed by atoms with Crippen LogP contribution in [0.5, 0.6) is 11.5 Å². The molecule has 13 nitrogen and oxygen atoms in total. The van der Waals surface area contributed by atoms with Crippen LogP contribution in [0, 0.1) is 10.7 Å². The van der Waals surface area contributed by atoms with E-state index in [9.17, 15) is 24.6 Å². The largest absolute Gasteiger partial charge is 0.504 e. The number of nitrogens with zero attached hydrogens (tertiary/aromatic N) is 2. The number of aliphatic hydroxyl groups is 3. The Morgan fingerprint density at radius 1 is 1.04 bits per heavy atom. The molecule has 1 spiro atoms. The molecule has 46 heavy (non-hydrogen) atoms. The van der Waals surface area contributed by atoms with E-state index >= 15 is 0 Å². The van der Waals surface area contributed by atoms with E-state index in [4.69, 9.17) is 37.4 Å². The lowest BCUT2D eigenvalue weighted by Gasteiger charge is -2.64. The number of phenols is 1. The quantitative estimate of drug-likeness (QED) is 0.189. The van der Waals surface area contributed by atoms with Gasteiger partial charge in [-0.3, -0.25) is 14.3 Å². The van der Waals surface area contributed by atoms with Crippen molar-refractivity contribution in [1.29, 1.82) is 0 Å². The number of fused-ring (bicyclic) bond motifs is 1. The molecule has 14 heteroatoms. The molecule has 3 aromatic rings. The van der Waals surface area contributed by atoms with E-state index in [2.05, 4.69) is 9.88 Å². The third-order valence-electron chi connectivity index (χ3n) is 10.7. The topological polar surface area (TPSA) is 206 Å². The first kappa shape index (κ1) is 30.8. The first-order valence-corrected chi connectivity index (χ1v) is 15.8. The van der Waals surface area contributed by atoms with Crippen LogP contribution in [-0.2, 0) is 21.4 Å². The molecular weight excluding hydrogens is 618 g/mol. The van der Waals surface area contributed by atoms with E-state index < -0.39 is 41.3 Å². The molecule has 1 saturated heterocycles. The van der Waals surface area contributed by atoms with Crippen LogP contribution < -0.4 is 10.3 Å². The zero-order chi connectivity index (χ0) is 32.7. The van der Waals surface area contributed by atoms with Crippen LogP contribution in [0.2, 0.25) is 0 Å². The lowest BCUT2D eigenvalue weighted by Crippen LogP contribution is -2.76. The number of aliphatic hydroxyl groups excluding tert-OH is 2. The van der Waals surface area contributed by atoms with Crippen molar-refractivity contribution >= 4 is 35.1 Å². The van der Waals surface area contributed by atoms with Crippen molar-refractivity contribution < 1.29 is 45.0 Å². The predicted octanol–water partition coefficient (Wildman–Crippen LogP) is 1.45. The minimum absolute atomic E-state index is 0.00440. The van der Waals surface area contributed by atoms with Gasteiger partial charge in [0, 0.05) is 18.2 Å². The van der Waals surface area contributed by atoms with Gasteiger partial charge in [0.1, 0.15) is 6.10 Å². The maximum absolute atomic E-state index is 13.8. The van der Waals surface area contributed by atoms with Crippen LogP contribution in [0.15, 0.2) is 41.2 Å². The van der Waals surface area contributed by atoms with Crippen molar-refractivity contribution in [2.45, 2.75) is 79.9 Å². The molecule has 3 aliphatic carbocycles. The molecular formula is C32H35N3O10S. The van der Waals surface area contributed by atoms with Crippen LogP contribution in [0.4, 0.5) is 0 Å². The lowest BCUT2D eigenvalue weighted by atomic mass is 9.48. The van der Waals surface area contributed by atoms with E-state index in [0.717, 1.165) is 48.5 Å². The number of H-pyrrole nitrogens is 1. The van der Waals surface area contributed by atoms with Gasteiger partial charge in [0.05, 0.1) is 28.0 Å². The third-order valence-corrected chi connectivity index (χ3v) is 11.0. The van der Waals surface area contributed by atoms with E-state index in [1.165, 1.54) is 12.8 Å². The van der Waals surface area contributed by atoms with Gasteiger partial charge in [-0.2, -0.15) is 0 Å². The summed E-state index contributed by atoms with van der Waals surface area (Å²) in [4.78, 5) is 39.1. The molecule has 1 aromatic heterocycles. The highest BCUT2D eigenvalue weighted by atomic mass is 32.1. The number of rotatable bonds is 6. The van der Waals surface area contributed by atoms with Gasteiger partial charge in [0.2, 0.25) is 0 Å². The van der Waals surface area contributed by atoms with Crippen molar-refractivity contribution in [3.05, 3.63) is 62.6 Å². The Balaban J connectivity index is 0.000000296. The van der Waals surface area contributed by atoms with Crippen LogP contribution in [0.3, 0.4) is 0 Å². The molecule has 3 heterocycles. The van der Waals surface area contributed by atoms with E-state index in [-0.39, 0.29) is 23.4 Å². The number of hydrogen-bond acceptors (Lipinski definition) is 10. The first-order chi connectivity index (χ1) is 21.9. The standard InChI is InChI=1S/C28H29N3O4S.C4H6O6/c32-20-8-7-16-13-21-28(34)10-9-19(31-25(33)17-3-1-2-4-18(17)29-26(31)36)24-27(28,22(16)23(20)35-24)11-12-30(21)14-15-5-6-15;5-1(3(7)8)2(6)4(9)10/h1-4,7-8,15,19,21,24,32,34H,5-6,9-14H2,(H,29,36);1-2,5-6H,(H,7,8)(H,9,10)/t19-,21-,24+,27+,28-;/m1./s1. The summed E-state index contributed by atoms with van der Waals surface area (Å²) < 4.78 is 8.69. The van der Waals surface area contributed by atoms with Crippen molar-refractivity contribution in [2.75, 3.05) is 13.1 Å². The SMILES string of the molecule is O=C(O)C(O)C(O)C(=O)O.O=c1c2ccccc2[nH]c(=S)n1[C@@H]1CC[C@@]2(O)[C@H]3Cc4ccc(O)c5c4[C@@]2(CCN3CC2CC2)[C@H]1O5. The average molecular weight is 654 g/mol. The van der Waals surface area contributed by atoms with Crippen molar-refractivity contribution in [2.24, 2.45) is 5.92 Å². The fraction of sp³-hybridized carbons (Fsp3) is 0.500. The molecule has 0 radical (unpaired) electrons. The molecule has 7 atom stereocenters. The molecule has 2 bridgehead atoms. The summed E-state index contributed by atoms with van der Waals surface area (Å²) in [5, 5.41) is 56.6. The molecule has 2 aliphatic heterocycles. The number of carboxylic acids is 2. The Bertz CT molecular complexity index is 1850. The van der Waals surface area contributed by atoms with Crippen molar-refractivity contribution in [3.63, 3.8) is 0 Å². The Morgan fingerprint density at radius 2 is 1.74 bits per heavy atom. The maximum atomic E-state index is 13.8. The smallest absolute Gasteiger partial charge is 0.335 e. The molecule has 5 aliphatic rings. The highest BCUT2D eigenvalue weighted by Crippen LogP contribution is 2.67. The summed E-state index contributed by atoms with van der Waals surface area (Å²) in [6.07, 6.45) is 0.160. The van der Waals surface area contributed by atoms with Gasteiger partial charge in [-0.1, -0.05) is 18.2 Å². The van der Waals surface area contributed by atoms with Crippen LogP contribution in [0.25, 0.3) is 10.9 Å². The number of carbonyl (C=O) groups is 2. The first-order valence-electron chi connectivity index (χ1n) is 15.4. The monoisotopic (exact) mass is 653 g/mol. The number of aromatic nitrogens is 2. The number of nitrogens with one attached hydrogen (secondary N) is 1. The summed E-state index contributed by atoms with van der Waals surface area (Å²) in [6, 6.07) is 10.8. The maximum Gasteiger partial charge on any atom is 0.335 e. The number of aromatic amines is 1. The van der Waals surface area contributed by atoms with Crippen LogP contribution in [0.1, 0.15) is 49.3 Å². The van der Waals surface area contributed by atoms with Gasteiger partial charge in [-0.15, -0.1) is 0 Å². The Morgan fingerprint density at radius 3 is 2.41 bits per heavy atom. The molecule has 0 amide bonds. The number of aromatic hydroxyl groups is 1. The number of piperidine rings is 1. The number of phenolic OH excluding ortho intramolecular Hbond substituents is 1. The zero-order valence-electron chi connectivity index (χ0n) is 24.7. The highest BCUT2D eigenvalue weighted by Gasteiger charge is 2.73. The molecule has 2 saturated carbocycles. The fourth-order valence-electron chi connectivity index (χ4n) is 8.47.